The second kappa shape index (κ2) is 5.47. The lowest BCUT2D eigenvalue weighted by Gasteiger charge is -2.06. The van der Waals surface area contributed by atoms with Crippen LogP contribution in [0, 0.1) is 11.3 Å². The molecule has 21 heavy (non-hydrogen) atoms. The number of benzene rings is 2. The van der Waals surface area contributed by atoms with Crippen LogP contribution in [0.1, 0.15) is 11.1 Å². The summed E-state index contributed by atoms with van der Waals surface area (Å²) in [5.41, 5.74) is 2.12. The minimum atomic E-state index is -0.164. The summed E-state index contributed by atoms with van der Waals surface area (Å²) in [7, 11) is 0. The third kappa shape index (κ3) is 2.74. The van der Waals surface area contributed by atoms with Crippen LogP contribution < -0.4 is 10.9 Å². The van der Waals surface area contributed by atoms with E-state index in [1.54, 1.807) is 24.3 Å². The Hall–Kier alpha value is -3.13. The van der Waals surface area contributed by atoms with Crippen molar-refractivity contribution in [2.45, 2.75) is 6.54 Å². The Labute approximate surface area is 120 Å². The van der Waals surface area contributed by atoms with Crippen LogP contribution in [-0.2, 0) is 6.54 Å². The van der Waals surface area contributed by atoms with E-state index in [1.165, 1.54) is 0 Å². The van der Waals surface area contributed by atoms with Crippen molar-refractivity contribution < 1.29 is 0 Å². The van der Waals surface area contributed by atoms with Crippen molar-refractivity contribution in [3.05, 3.63) is 70.0 Å². The fourth-order valence-electron chi connectivity index (χ4n) is 2.05. The Morgan fingerprint density at radius 2 is 1.90 bits per heavy atom. The van der Waals surface area contributed by atoms with Crippen LogP contribution in [0.3, 0.4) is 0 Å². The van der Waals surface area contributed by atoms with Crippen molar-refractivity contribution in [3.8, 4) is 6.07 Å². The summed E-state index contributed by atoms with van der Waals surface area (Å²) in [5, 5.41) is 12.4. The number of H-pyrrole nitrogens is 1. The number of nitriles is 1. The molecule has 0 bridgehead atoms. The SMILES string of the molecule is N#Cc1ccc(CNc2nc3ccccc3c(=O)[nH]2)cc1. The van der Waals surface area contributed by atoms with E-state index in [9.17, 15) is 4.79 Å². The molecule has 0 unspecified atom stereocenters. The van der Waals surface area contributed by atoms with E-state index in [0.717, 1.165) is 5.56 Å². The first-order valence-electron chi connectivity index (χ1n) is 6.48. The van der Waals surface area contributed by atoms with Gasteiger partial charge in [0, 0.05) is 6.54 Å². The molecule has 0 fully saturated rings. The van der Waals surface area contributed by atoms with Crippen LogP contribution in [0.2, 0.25) is 0 Å². The smallest absolute Gasteiger partial charge is 0.260 e. The number of hydrogen-bond acceptors (Lipinski definition) is 4. The number of aromatic amines is 1. The van der Waals surface area contributed by atoms with Gasteiger partial charge in [-0.1, -0.05) is 24.3 Å². The molecule has 0 atom stereocenters. The van der Waals surface area contributed by atoms with Gasteiger partial charge < -0.3 is 5.32 Å². The molecule has 3 aromatic rings. The maximum absolute atomic E-state index is 11.9. The Bertz CT molecular complexity index is 875. The predicted octanol–water partition coefficient (Wildman–Crippen LogP) is 2.41. The Morgan fingerprint density at radius 3 is 2.67 bits per heavy atom. The van der Waals surface area contributed by atoms with Gasteiger partial charge >= 0.3 is 0 Å². The Kier molecular flexibility index (Phi) is 3.36. The third-order valence-electron chi connectivity index (χ3n) is 3.16. The van der Waals surface area contributed by atoms with Crippen LogP contribution in [0.25, 0.3) is 10.9 Å². The maximum atomic E-state index is 11.9. The van der Waals surface area contributed by atoms with Crippen molar-refractivity contribution in [2.24, 2.45) is 0 Å². The van der Waals surface area contributed by atoms with E-state index in [1.807, 2.05) is 24.3 Å². The number of nitrogens with one attached hydrogen (secondary N) is 2. The van der Waals surface area contributed by atoms with Crippen molar-refractivity contribution in [1.82, 2.24) is 9.97 Å². The molecular formula is C16H12N4O. The van der Waals surface area contributed by atoms with Gasteiger partial charge in [0.15, 0.2) is 0 Å². The number of fused-ring (bicyclic) bond motifs is 1. The lowest BCUT2D eigenvalue weighted by molar-refractivity contribution is 1.06. The molecule has 3 rings (SSSR count). The standard InChI is InChI=1S/C16H12N4O/c17-9-11-5-7-12(8-6-11)10-18-16-19-14-4-2-1-3-13(14)15(21)20-16/h1-8H,10H2,(H2,18,19,20,21). The summed E-state index contributed by atoms with van der Waals surface area (Å²) >= 11 is 0. The molecule has 0 saturated carbocycles. The van der Waals surface area contributed by atoms with E-state index < -0.39 is 0 Å². The highest BCUT2D eigenvalue weighted by Gasteiger charge is 2.02. The first-order valence-corrected chi connectivity index (χ1v) is 6.48. The summed E-state index contributed by atoms with van der Waals surface area (Å²) in [6.07, 6.45) is 0. The Morgan fingerprint density at radius 1 is 1.14 bits per heavy atom. The van der Waals surface area contributed by atoms with Gasteiger partial charge in [0.2, 0.25) is 5.95 Å². The van der Waals surface area contributed by atoms with Gasteiger partial charge in [-0.2, -0.15) is 5.26 Å². The van der Waals surface area contributed by atoms with E-state index >= 15 is 0 Å². The second-order valence-electron chi connectivity index (χ2n) is 4.59. The van der Waals surface area contributed by atoms with Gasteiger partial charge in [0.1, 0.15) is 0 Å². The van der Waals surface area contributed by atoms with Gasteiger partial charge in [0.05, 0.1) is 22.5 Å². The summed E-state index contributed by atoms with van der Waals surface area (Å²) in [5.74, 6) is 0.433. The molecule has 0 aliphatic rings. The molecule has 0 amide bonds. The predicted molar refractivity (Wildman–Crippen MR) is 80.8 cm³/mol. The first-order chi connectivity index (χ1) is 10.3. The normalized spacial score (nSPS) is 10.2. The largest absolute Gasteiger partial charge is 0.352 e. The topological polar surface area (TPSA) is 81.6 Å². The van der Waals surface area contributed by atoms with Crippen LogP contribution >= 0.6 is 0 Å². The van der Waals surface area contributed by atoms with Crippen molar-refractivity contribution in [1.29, 1.82) is 5.26 Å². The summed E-state index contributed by atoms with van der Waals surface area (Å²) in [4.78, 5) is 19.0. The monoisotopic (exact) mass is 276 g/mol. The zero-order valence-electron chi connectivity index (χ0n) is 11.1. The number of nitrogens with zero attached hydrogens (tertiary/aromatic N) is 2. The Balaban J connectivity index is 1.81. The second-order valence-corrected chi connectivity index (χ2v) is 4.59. The van der Waals surface area contributed by atoms with Crippen molar-refractivity contribution in [2.75, 3.05) is 5.32 Å². The van der Waals surface area contributed by atoms with E-state index in [4.69, 9.17) is 5.26 Å². The fourth-order valence-corrected chi connectivity index (χ4v) is 2.05. The highest BCUT2D eigenvalue weighted by atomic mass is 16.1. The first kappa shape index (κ1) is 12.9. The number of hydrogen-bond donors (Lipinski definition) is 2. The quantitative estimate of drug-likeness (QED) is 0.769. The molecule has 0 spiro atoms. The van der Waals surface area contributed by atoms with Gasteiger partial charge in [-0.05, 0) is 29.8 Å². The number of aromatic nitrogens is 2. The summed E-state index contributed by atoms with van der Waals surface area (Å²) in [6, 6.07) is 16.5. The van der Waals surface area contributed by atoms with E-state index in [0.29, 0.717) is 29.0 Å². The molecular weight excluding hydrogens is 264 g/mol. The third-order valence-corrected chi connectivity index (χ3v) is 3.16. The lowest BCUT2D eigenvalue weighted by Crippen LogP contribution is -2.13. The molecule has 5 nitrogen and oxygen atoms in total. The molecule has 1 aromatic heterocycles. The van der Waals surface area contributed by atoms with Crippen LogP contribution in [-0.4, -0.2) is 9.97 Å². The van der Waals surface area contributed by atoms with Crippen molar-refractivity contribution in [3.63, 3.8) is 0 Å². The highest BCUT2D eigenvalue weighted by molar-refractivity contribution is 5.78. The summed E-state index contributed by atoms with van der Waals surface area (Å²) in [6.45, 7) is 0.521. The van der Waals surface area contributed by atoms with Gasteiger partial charge in [-0.25, -0.2) is 4.98 Å². The van der Waals surface area contributed by atoms with Gasteiger partial charge in [-0.3, -0.25) is 9.78 Å². The zero-order chi connectivity index (χ0) is 14.7. The minimum Gasteiger partial charge on any atom is -0.352 e. The number of anilines is 1. The molecule has 0 saturated heterocycles. The van der Waals surface area contributed by atoms with Crippen LogP contribution in [0.15, 0.2) is 53.3 Å². The molecule has 2 aromatic carbocycles. The average Bonchev–Trinajstić information content (AvgIpc) is 2.53. The number of rotatable bonds is 3. The molecule has 5 heteroatoms. The van der Waals surface area contributed by atoms with Crippen molar-refractivity contribution >= 4 is 16.9 Å². The van der Waals surface area contributed by atoms with Gasteiger partial charge in [-0.15, -0.1) is 0 Å². The van der Waals surface area contributed by atoms with Gasteiger partial charge in [0.25, 0.3) is 5.56 Å². The molecule has 2 N–H and O–H groups in total. The average molecular weight is 276 g/mol. The molecule has 0 aliphatic heterocycles. The lowest BCUT2D eigenvalue weighted by atomic mass is 10.1. The maximum Gasteiger partial charge on any atom is 0.260 e. The number of para-hydroxylation sites is 1. The highest BCUT2D eigenvalue weighted by Crippen LogP contribution is 2.09. The van der Waals surface area contributed by atoms with E-state index in [-0.39, 0.29) is 5.56 Å². The fraction of sp³-hybridized carbons (Fsp3) is 0.0625. The van der Waals surface area contributed by atoms with Crippen LogP contribution in [0.5, 0.6) is 0 Å². The zero-order valence-corrected chi connectivity index (χ0v) is 11.1. The molecule has 0 aliphatic carbocycles. The molecule has 1 heterocycles. The molecule has 0 radical (unpaired) electrons. The summed E-state index contributed by atoms with van der Waals surface area (Å²) < 4.78 is 0. The van der Waals surface area contributed by atoms with Crippen LogP contribution in [0.4, 0.5) is 5.95 Å². The van der Waals surface area contributed by atoms with E-state index in [2.05, 4.69) is 21.4 Å². The minimum absolute atomic E-state index is 0.164. The molecule has 102 valence electrons.